The molecule has 5 nitrogen and oxygen atoms in total. The Hall–Kier alpha value is 0.190. The summed E-state index contributed by atoms with van der Waals surface area (Å²) in [6, 6.07) is 3.27. The zero-order valence-electron chi connectivity index (χ0n) is 9.93. The summed E-state index contributed by atoms with van der Waals surface area (Å²) in [7, 11) is -1.50. The molecule has 1 aromatic rings. The van der Waals surface area contributed by atoms with Crippen LogP contribution in [0.4, 0.5) is 0 Å². The summed E-state index contributed by atoms with van der Waals surface area (Å²) >= 11 is 18.4. The summed E-state index contributed by atoms with van der Waals surface area (Å²) in [5.41, 5.74) is 0. The molecule has 0 aliphatic carbocycles. The van der Waals surface area contributed by atoms with E-state index < -0.39 is 23.1 Å². The smallest absolute Gasteiger partial charge is 0.334 e. The fourth-order valence-corrected chi connectivity index (χ4v) is 4.30. The number of hydrogen-bond donors (Lipinski definition) is 1. The number of alkyl halides is 3. The third-order valence-electron chi connectivity index (χ3n) is 2.15. The molecule has 1 amide bonds. The van der Waals surface area contributed by atoms with Crippen LogP contribution in [-0.4, -0.2) is 29.7 Å². The number of thiophene rings is 1. The largest absolute Gasteiger partial charge is 0.356 e. The molecule has 1 heterocycles. The average molecular weight is 367 g/mol. The highest BCUT2D eigenvalue weighted by Gasteiger charge is 2.49. The molecule has 0 aromatic carbocycles. The van der Waals surface area contributed by atoms with Crippen LogP contribution in [0.25, 0.3) is 0 Å². The van der Waals surface area contributed by atoms with Gasteiger partial charge in [0, 0.05) is 14.2 Å². The minimum Gasteiger partial charge on any atom is -0.334 e. The number of carbonyl (C=O) groups is 1. The second kappa shape index (κ2) is 6.76. The van der Waals surface area contributed by atoms with Crippen molar-refractivity contribution in [3.8, 4) is 0 Å². The van der Waals surface area contributed by atoms with Crippen LogP contribution in [0.3, 0.4) is 0 Å². The minimum atomic E-state index is -3.79. The van der Waals surface area contributed by atoms with Gasteiger partial charge < -0.3 is 14.4 Å². The SMILES string of the molecule is COP(=O)(OC)C(NC(=O)c1cccs1)C(Cl)(Cl)Cl. The van der Waals surface area contributed by atoms with E-state index in [9.17, 15) is 9.36 Å². The molecular formula is C9H11Cl3NO4PS. The molecular weight excluding hydrogens is 356 g/mol. The van der Waals surface area contributed by atoms with Crippen molar-refractivity contribution in [3.05, 3.63) is 22.4 Å². The average Bonchev–Trinajstić information content (AvgIpc) is 2.87. The zero-order chi connectivity index (χ0) is 14.7. The lowest BCUT2D eigenvalue weighted by Gasteiger charge is -2.29. The quantitative estimate of drug-likeness (QED) is 0.638. The van der Waals surface area contributed by atoms with E-state index in [0.717, 1.165) is 14.2 Å². The highest BCUT2D eigenvalue weighted by atomic mass is 35.6. The van der Waals surface area contributed by atoms with E-state index in [1.807, 2.05) is 0 Å². The molecule has 19 heavy (non-hydrogen) atoms. The number of amides is 1. The predicted molar refractivity (Wildman–Crippen MR) is 77.5 cm³/mol. The van der Waals surface area contributed by atoms with Gasteiger partial charge >= 0.3 is 7.60 Å². The standard InChI is InChI=1S/C9H11Cl3NO4PS/c1-16-18(15,17-2)8(9(10,11)12)13-7(14)6-4-3-5-19-6/h3-5,8H,1-2H3,(H,13,14). The monoisotopic (exact) mass is 365 g/mol. The van der Waals surface area contributed by atoms with Gasteiger partial charge in [-0.15, -0.1) is 11.3 Å². The van der Waals surface area contributed by atoms with E-state index in [-0.39, 0.29) is 0 Å². The van der Waals surface area contributed by atoms with Crippen LogP contribution in [0.5, 0.6) is 0 Å². The van der Waals surface area contributed by atoms with Crippen molar-refractivity contribution in [3.63, 3.8) is 0 Å². The Kier molecular flexibility index (Phi) is 6.14. The number of hydrogen-bond acceptors (Lipinski definition) is 5. The Morgan fingerprint density at radius 3 is 2.37 bits per heavy atom. The van der Waals surface area contributed by atoms with Gasteiger partial charge in [0.05, 0.1) is 4.88 Å². The van der Waals surface area contributed by atoms with Crippen LogP contribution < -0.4 is 5.32 Å². The topological polar surface area (TPSA) is 64.6 Å². The minimum absolute atomic E-state index is 0.387. The van der Waals surface area contributed by atoms with Crippen LogP contribution in [0.15, 0.2) is 17.5 Å². The van der Waals surface area contributed by atoms with Gasteiger partial charge in [-0.3, -0.25) is 9.36 Å². The lowest BCUT2D eigenvalue weighted by molar-refractivity contribution is 0.0945. The van der Waals surface area contributed by atoms with Crippen LogP contribution in [0, 0.1) is 0 Å². The third kappa shape index (κ3) is 4.33. The second-order valence-electron chi connectivity index (χ2n) is 3.30. The van der Waals surface area contributed by atoms with Crippen LogP contribution in [-0.2, 0) is 13.6 Å². The van der Waals surface area contributed by atoms with E-state index in [1.165, 1.54) is 11.3 Å². The lowest BCUT2D eigenvalue weighted by atomic mass is 10.4. The molecule has 10 heteroatoms. The van der Waals surface area contributed by atoms with Crippen molar-refractivity contribution in [1.82, 2.24) is 5.32 Å². The molecule has 0 bridgehead atoms. The van der Waals surface area contributed by atoms with E-state index in [0.29, 0.717) is 4.88 Å². The first-order valence-corrected chi connectivity index (χ1v) is 8.49. The lowest BCUT2D eigenvalue weighted by Crippen LogP contribution is -2.43. The molecule has 1 N–H and O–H groups in total. The molecule has 0 saturated carbocycles. The fourth-order valence-electron chi connectivity index (χ4n) is 1.23. The summed E-state index contributed by atoms with van der Waals surface area (Å²) < 4.78 is 19.8. The second-order valence-corrected chi connectivity index (χ2v) is 8.94. The van der Waals surface area contributed by atoms with Crippen molar-refractivity contribution in [2.75, 3.05) is 14.2 Å². The van der Waals surface area contributed by atoms with Gasteiger partial charge in [0.1, 0.15) is 0 Å². The van der Waals surface area contributed by atoms with Crippen LogP contribution in [0.2, 0.25) is 0 Å². The number of rotatable bonds is 5. The Morgan fingerprint density at radius 2 is 2.00 bits per heavy atom. The number of nitrogens with one attached hydrogen (secondary N) is 1. The molecule has 0 aliphatic heterocycles. The molecule has 1 aromatic heterocycles. The maximum atomic E-state index is 12.3. The molecule has 1 unspecified atom stereocenters. The number of halogens is 3. The molecule has 0 saturated heterocycles. The molecule has 0 radical (unpaired) electrons. The van der Waals surface area contributed by atoms with E-state index in [4.69, 9.17) is 43.9 Å². The molecule has 1 rings (SSSR count). The Morgan fingerprint density at radius 1 is 1.42 bits per heavy atom. The van der Waals surface area contributed by atoms with Crippen molar-refractivity contribution < 1.29 is 18.4 Å². The van der Waals surface area contributed by atoms with Gasteiger partial charge in [-0.2, -0.15) is 0 Å². The summed E-state index contributed by atoms with van der Waals surface area (Å²) in [6.45, 7) is 0. The van der Waals surface area contributed by atoms with Gasteiger partial charge in [-0.05, 0) is 11.4 Å². The highest BCUT2D eigenvalue weighted by Crippen LogP contribution is 2.57. The van der Waals surface area contributed by atoms with E-state index in [1.54, 1.807) is 17.5 Å². The van der Waals surface area contributed by atoms with Gasteiger partial charge in [0.25, 0.3) is 5.91 Å². The van der Waals surface area contributed by atoms with Gasteiger partial charge in [-0.25, -0.2) is 0 Å². The van der Waals surface area contributed by atoms with Gasteiger partial charge in [0.15, 0.2) is 5.78 Å². The molecule has 0 fully saturated rings. The Labute approximate surface area is 129 Å². The maximum absolute atomic E-state index is 12.3. The van der Waals surface area contributed by atoms with Crippen molar-refractivity contribution >= 4 is 59.6 Å². The Bertz CT molecular complexity index is 468. The first-order chi connectivity index (χ1) is 8.74. The zero-order valence-corrected chi connectivity index (χ0v) is 13.9. The van der Waals surface area contributed by atoms with Crippen molar-refractivity contribution in [2.45, 2.75) is 9.58 Å². The highest BCUT2D eigenvalue weighted by molar-refractivity contribution is 7.55. The molecule has 108 valence electrons. The molecule has 0 spiro atoms. The van der Waals surface area contributed by atoms with E-state index in [2.05, 4.69) is 5.32 Å². The van der Waals surface area contributed by atoms with Gasteiger partial charge in [-0.1, -0.05) is 40.9 Å². The van der Waals surface area contributed by atoms with Crippen molar-refractivity contribution in [1.29, 1.82) is 0 Å². The first kappa shape index (κ1) is 17.2. The molecule has 0 aliphatic rings. The first-order valence-electron chi connectivity index (χ1n) is 4.87. The molecule has 1 atom stereocenters. The summed E-state index contributed by atoms with van der Waals surface area (Å²) in [6.07, 6.45) is 0. The van der Waals surface area contributed by atoms with Crippen LogP contribution in [0.1, 0.15) is 9.67 Å². The summed E-state index contributed by atoms with van der Waals surface area (Å²) in [5.74, 6) is -1.95. The van der Waals surface area contributed by atoms with Gasteiger partial charge in [0.2, 0.25) is 3.79 Å². The normalized spacial score (nSPS) is 14.2. The fraction of sp³-hybridized carbons (Fsp3) is 0.444. The van der Waals surface area contributed by atoms with Crippen LogP contribution >= 0.6 is 53.7 Å². The third-order valence-corrected chi connectivity index (χ3v) is 6.29. The van der Waals surface area contributed by atoms with Crippen molar-refractivity contribution in [2.24, 2.45) is 0 Å². The number of carbonyl (C=O) groups excluding carboxylic acids is 1. The van der Waals surface area contributed by atoms with E-state index >= 15 is 0 Å². The summed E-state index contributed by atoms with van der Waals surface area (Å²) in [4.78, 5) is 12.3. The summed E-state index contributed by atoms with van der Waals surface area (Å²) in [5, 5.41) is 4.08. The Balaban J connectivity index is 3.01. The maximum Gasteiger partial charge on any atom is 0.356 e. The predicted octanol–water partition coefficient (Wildman–Crippen LogP) is 3.66.